The summed E-state index contributed by atoms with van der Waals surface area (Å²) < 4.78 is 1.57. The highest BCUT2D eigenvalue weighted by Gasteiger charge is 2.14. The van der Waals surface area contributed by atoms with Crippen LogP contribution in [0.15, 0.2) is 16.1 Å². The lowest BCUT2D eigenvalue weighted by atomic mass is 10.1. The van der Waals surface area contributed by atoms with Gasteiger partial charge in [-0.25, -0.2) is 9.67 Å². The van der Waals surface area contributed by atoms with Gasteiger partial charge in [0.2, 0.25) is 0 Å². The number of likely N-dealkylation sites (tertiary alicyclic amines) is 1. The van der Waals surface area contributed by atoms with E-state index in [1.807, 2.05) is 0 Å². The van der Waals surface area contributed by atoms with Crippen molar-refractivity contribution in [3.8, 4) is 0 Å². The van der Waals surface area contributed by atoms with E-state index in [1.54, 1.807) is 21.3 Å². The van der Waals surface area contributed by atoms with Crippen LogP contribution in [0.5, 0.6) is 0 Å². The zero-order chi connectivity index (χ0) is 15.4. The molecule has 0 atom stereocenters. The molecule has 0 radical (unpaired) electrons. The lowest BCUT2D eigenvalue weighted by Crippen LogP contribution is -3.13. The highest BCUT2D eigenvalue weighted by atomic mass is 32.2. The summed E-state index contributed by atoms with van der Waals surface area (Å²) in [4.78, 5) is 21.0. The summed E-state index contributed by atoms with van der Waals surface area (Å²) in [5.41, 5.74) is 0.382. The molecule has 2 aromatic heterocycles. The van der Waals surface area contributed by atoms with Crippen LogP contribution in [0.1, 0.15) is 19.3 Å². The van der Waals surface area contributed by atoms with E-state index in [4.69, 9.17) is 5.11 Å². The maximum Gasteiger partial charge on any atom is 0.262 e. The van der Waals surface area contributed by atoms with Crippen LogP contribution in [0.25, 0.3) is 11.0 Å². The molecule has 7 nitrogen and oxygen atoms in total. The standard InChI is InChI=1S/C14H21N5O2S/c20-8-6-19-12-11(10-15-19)13(21)17-14(16-12)22-9-7-18-4-2-1-3-5-18/h10,20H,1-9H2,(H,16,17,21)/p+1. The van der Waals surface area contributed by atoms with Gasteiger partial charge in [-0.1, -0.05) is 11.8 Å². The van der Waals surface area contributed by atoms with Crippen molar-refractivity contribution in [3.63, 3.8) is 0 Å². The first-order chi connectivity index (χ1) is 10.8. The number of aromatic nitrogens is 4. The molecule has 22 heavy (non-hydrogen) atoms. The summed E-state index contributed by atoms with van der Waals surface area (Å²) in [5.74, 6) is 0.942. The number of aliphatic hydroxyl groups excluding tert-OH is 1. The van der Waals surface area contributed by atoms with Gasteiger partial charge in [-0.3, -0.25) is 4.79 Å². The summed E-state index contributed by atoms with van der Waals surface area (Å²) in [5, 5.41) is 14.2. The fourth-order valence-electron chi connectivity index (χ4n) is 2.87. The summed E-state index contributed by atoms with van der Waals surface area (Å²) in [6.45, 7) is 3.94. The maximum absolute atomic E-state index is 12.1. The molecule has 0 spiro atoms. The van der Waals surface area contributed by atoms with Crippen molar-refractivity contribution in [2.45, 2.75) is 31.0 Å². The molecule has 3 heterocycles. The Bertz CT molecular complexity index is 677. The highest BCUT2D eigenvalue weighted by molar-refractivity contribution is 7.99. The second-order valence-electron chi connectivity index (χ2n) is 5.61. The molecular weight excluding hydrogens is 302 g/mol. The summed E-state index contributed by atoms with van der Waals surface area (Å²) >= 11 is 1.58. The summed E-state index contributed by atoms with van der Waals surface area (Å²) in [6.07, 6.45) is 5.50. The summed E-state index contributed by atoms with van der Waals surface area (Å²) in [6, 6.07) is 0. The minimum atomic E-state index is -0.165. The molecule has 0 aliphatic carbocycles. The Labute approximate surface area is 132 Å². The van der Waals surface area contributed by atoms with Crippen molar-refractivity contribution in [1.82, 2.24) is 19.7 Å². The number of quaternary nitrogens is 1. The van der Waals surface area contributed by atoms with E-state index in [2.05, 4.69) is 15.1 Å². The lowest BCUT2D eigenvalue weighted by molar-refractivity contribution is -0.902. The van der Waals surface area contributed by atoms with Gasteiger partial charge >= 0.3 is 0 Å². The van der Waals surface area contributed by atoms with Gasteiger partial charge < -0.3 is 15.0 Å². The van der Waals surface area contributed by atoms with Crippen LogP contribution in [-0.2, 0) is 6.54 Å². The van der Waals surface area contributed by atoms with Crippen molar-refractivity contribution in [3.05, 3.63) is 16.6 Å². The Balaban J connectivity index is 1.67. The van der Waals surface area contributed by atoms with Crippen LogP contribution in [0.3, 0.4) is 0 Å². The van der Waals surface area contributed by atoms with Crippen molar-refractivity contribution in [1.29, 1.82) is 0 Å². The lowest BCUT2D eigenvalue weighted by Gasteiger charge is -2.23. The molecule has 2 aromatic rings. The first-order valence-corrected chi connectivity index (χ1v) is 8.79. The molecule has 3 N–H and O–H groups in total. The quantitative estimate of drug-likeness (QED) is 0.482. The fourth-order valence-corrected chi connectivity index (χ4v) is 3.77. The molecule has 0 unspecified atom stereocenters. The van der Waals surface area contributed by atoms with Crippen molar-refractivity contribution >= 4 is 22.8 Å². The number of thioether (sulfide) groups is 1. The summed E-state index contributed by atoms with van der Waals surface area (Å²) in [7, 11) is 0. The zero-order valence-electron chi connectivity index (χ0n) is 12.5. The van der Waals surface area contributed by atoms with Crippen molar-refractivity contribution < 1.29 is 10.0 Å². The second-order valence-corrected chi connectivity index (χ2v) is 6.69. The number of nitrogens with one attached hydrogen (secondary N) is 2. The highest BCUT2D eigenvalue weighted by Crippen LogP contribution is 2.14. The number of H-pyrrole nitrogens is 1. The molecule has 120 valence electrons. The van der Waals surface area contributed by atoms with Gasteiger partial charge in [0.25, 0.3) is 5.56 Å². The molecule has 3 rings (SSSR count). The van der Waals surface area contributed by atoms with Gasteiger partial charge in [0.15, 0.2) is 10.8 Å². The van der Waals surface area contributed by atoms with Crippen LogP contribution in [0.2, 0.25) is 0 Å². The Morgan fingerprint density at radius 3 is 2.95 bits per heavy atom. The average Bonchev–Trinajstić information content (AvgIpc) is 2.93. The topological polar surface area (TPSA) is 88.2 Å². The Kier molecular flexibility index (Phi) is 5.12. The molecule has 1 aliphatic rings. The van der Waals surface area contributed by atoms with Gasteiger partial charge in [0, 0.05) is 0 Å². The molecule has 0 aromatic carbocycles. The Hall–Kier alpha value is -1.38. The van der Waals surface area contributed by atoms with E-state index in [1.165, 1.54) is 38.5 Å². The van der Waals surface area contributed by atoms with E-state index in [0.29, 0.717) is 22.7 Å². The molecule has 0 bridgehead atoms. The van der Waals surface area contributed by atoms with Crippen LogP contribution in [-0.4, -0.2) is 56.8 Å². The number of rotatable bonds is 6. The molecule has 8 heteroatoms. The first-order valence-electron chi connectivity index (χ1n) is 7.81. The average molecular weight is 324 g/mol. The van der Waals surface area contributed by atoms with E-state index in [0.717, 1.165) is 12.3 Å². The molecule has 0 saturated carbocycles. The first kappa shape index (κ1) is 15.5. The molecule has 0 amide bonds. The number of fused-ring (bicyclic) bond motifs is 1. The monoisotopic (exact) mass is 324 g/mol. The number of aromatic amines is 1. The van der Waals surface area contributed by atoms with E-state index in [-0.39, 0.29) is 12.2 Å². The normalized spacial score (nSPS) is 16.4. The van der Waals surface area contributed by atoms with E-state index in [9.17, 15) is 4.79 Å². The predicted molar refractivity (Wildman–Crippen MR) is 85.4 cm³/mol. The van der Waals surface area contributed by atoms with Crippen LogP contribution in [0, 0.1) is 0 Å². The Morgan fingerprint density at radius 2 is 2.18 bits per heavy atom. The van der Waals surface area contributed by atoms with E-state index >= 15 is 0 Å². The number of hydrogen-bond acceptors (Lipinski definition) is 5. The number of nitrogens with zero attached hydrogens (tertiary/aromatic N) is 3. The Morgan fingerprint density at radius 1 is 1.36 bits per heavy atom. The predicted octanol–water partition coefficient (Wildman–Crippen LogP) is -0.727. The third-order valence-electron chi connectivity index (χ3n) is 4.05. The van der Waals surface area contributed by atoms with Gasteiger partial charge in [0.05, 0.1) is 44.7 Å². The number of hydrogen-bond donors (Lipinski definition) is 3. The van der Waals surface area contributed by atoms with Crippen molar-refractivity contribution in [2.75, 3.05) is 32.0 Å². The largest absolute Gasteiger partial charge is 0.394 e. The molecule has 1 aliphatic heterocycles. The fraction of sp³-hybridized carbons (Fsp3) is 0.643. The minimum Gasteiger partial charge on any atom is -0.394 e. The molecule has 1 saturated heterocycles. The van der Waals surface area contributed by atoms with Crippen LogP contribution >= 0.6 is 11.8 Å². The van der Waals surface area contributed by atoms with Crippen molar-refractivity contribution in [2.24, 2.45) is 0 Å². The van der Waals surface area contributed by atoms with Crippen LogP contribution < -0.4 is 10.5 Å². The SMILES string of the molecule is O=c1[nH]c(SCC[NH+]2CCCCC2)nc2c1cnn2CCO. The van der Waals surface area contributed by atoms with E-state index < -0.39 is 0 Å². The molecular formula is C14H22N5O2S+. The number of aliphatic hydroxyl groups is 1. The van der Waals surface area contributed by atoms with Gasteiger partial charge in [0.1, 0.15) is 5.39 Å². The third-order valence-corrected chi connectivity index (χ3v) is 4.93. The smallest absolute Gasteiger partial charge is 0.262 e. The van der Waals surface area contributed by atoms with Gasteiger partial charge in [-0.05, 0) is 19.3 Å². The number of piperidine rings is 1. The second kappa shape index (κ2) is 7.26. The van der Waals surface area contributed by atoms with Crippen LogP contribution in [0.4, 0.5) is 0 Å². The molecule has 1 fully saturated rings. The van der Waals surface area contributed by atoms with Gasteiger partial charge in [-0.15, -0.1) is 0 Å². The zero-order valence-corrected chi connectivity index (χ0v) is 13.4. The minimum absolute atomic E-state index is 0.0218. The maximum atomic E-state index is 12.1. The third kappa shape index (κ3) is 3.50. The van der Waals surface area contributed by atoms with Gasteiger partial charge in [-0.2, -0.15) is 5.10 Å².